The molecule has 1 amide bonds. The van der Waals surface area contributed by atoms with E-state index in [2.05, 4.69) is 4.98 Å². The van der Waals surface area contributed by atoms with E-state index in [-0.39, 0.29) is 11.8 Å². The maximum absolute atomic E-state index is 12.5. The minimum Gasteiger partial charge on any atom is -0.378 e. The van der Waals surface area contributed by atoms with Gasteiger partial charge < -0.3 is 14.5 Å². The van der Waals surface area contributed by atoms with Gasteiger partial charge in [0, 0.05) is 26.2 Å². The van der Waals surface area contributed by atoms with Gasteiger partial charge >= 0.3 is 6.18 Å². The number of ether oxygens (including phenoxy) is 1. The molecule has 0 saturated carbocycles. The molecular weight excluding hydrogens is 311 g/mol. The zero-order chi connectivity index (χ0) is 16.4. The summed E-state index contributed by atoms with van der Waals surface area (Å²) < 4.78 is 42.8. The molecule has 5 nitrogen and oxygen atoms in total. The highest BCUT2D eigenvalue weighted by atomic mass is 19.4. The topological polar surface area (TPSA) is 45.7 Å². The van der Waals surface area contributed by atoms with Crippen molar-refractivity contribution >= 4 is 11.6 Å². The summed E-state index contributed by atoms with van der Waals surface area (Å²) >= 11 is 0. The molecular formula is C15H18F3N3O2. The van der Waals surface area contributed by atoms with Gasteiger partial charge in [0.05, 0.1) is 31.0 Å². The molecule has 0 aliphatic carbocycles. The van der Waals surface area contributed by atoms with Gasteiger partial charge in [-0.15, -0.1) is 0 Å². The van der Waals surface area contributed by atoms with Crippen LogP contribution in [-0.2, 0) is 15.7 Å². The smallest absolute Gasteiger partial charge is 0.378 e. The van der Waals surface area contributed by atoms with E-state index in [4.69, 9.17) is 4.74 Å². The molecule has 1 aromatic heterocycles. The number of morpholine rings is 1. The van der Waals surface area contributed by atoms with Crippen LogP contribution in [0.15, 0.2) is 18.3 Å². The number of rotatable bonds is 2. The van der Waals surface area contributed by atoms with E-state index in [1.54, 1.807) is 0 Å². The number of nitrogens with zero attached hydrogens (tertiary/aromatic N) is 3. The lowest BCUT2D eigenvalue weighted by molar-refractivity contribution is -0.141. The summed E-state index contributed by atoms with van der Waals surface area (Å²) in [5.74, 6) is -0.00827. The van der Waals surface area contributed by atoms with Gasteiger partial charge in [-0.1, -0.05) is 0 Å². The number of anilines is 1. The molecule has 0 aromatic carbocycles. The maximum atomic E-state index is 12.5. The van der Waals surface area contributed by atoms with Gasteiger partial charge in [0.1, 0.15) is 5.69 Å². The molecule has 3 heterocycles. The Kier molecular flexibility index (Phi) is 4.43. The Hall–Kier alpha value is -1.83. The zero-order valence-electron chi connectivity index (χ0n) is 12.6. The predicted molar refractivity (Wildman–Crippen MR) is 77.0 cm³/mol. The highest BCUT2D eigenvalue weighted by molar-refractivity contribution is 5.80. The van der Waals surface area contributed by atoms with Crippen molar-refractivity contribution in [3.8, 4) is 0 Å². The Morgan fingerprint density at radius 3 is 2.57 bits per heavy atom. The first-order valence-electron chi connectivity index (χ1n) is 7.60. The molecule has 23 heavy (non-hydrogen) atoms. The molecule has 3 rings (SSSR count). The third kappa shape index (κ3) is 3.57. The number of carbonyl (C=O) groups excluding carboxylic acids is 1. The van der Waals surface area contributed by atoms with E-state index in [1.807, 2.05) is 9.80 Å². The molecule has 0 N–H and O–H groups in total. The van der Waals surface area contributed by atoms with Gasteiger partial charge in [-0.05, 0) is 18.6 Å². The Balaban J connectivity index is 1.62. The van der Waals surface area contributed by atoms with Gasteiger partial charge in [-0.3, -0.25) is 4.79 Å². The Morgan fingerprint density at radius 2 is 1.96 bits per heavy atom. The largest absolute Gasteiger partial charge is 0.433 e. The fourth-order valence-electron chi connectivity index (χ4n) is 2.98. The SMILES string of the molecule is O=C(C1CCN(c2ccc(C(F)(F)F)nc2)C1)N1CCOCC1. The molecule has 0 radical (unpaired) electrons. The Labute approximate surface area is 132 Å². The number of amides is 1. The van der Waals surface area contributed by atoms with Crippen molar-refractivity contribution in [1.29, 1.82) is 0 Å². The van der Waals surface area contributed by atoms with Gasteiger partial charge in [0.25, 0.3) is 0 Å². The van der Waals surface area contributed by atoms with Crippen molar-refractivity contribution in [3.63, 3.8) is 0 Å². The van der Waals surface area contributed by atoms with Crippen molar-refractivity contribution in [2.24, 2.45) is 5.92 Å². The third-order valence-corrected chi connectivity index (χ3v) is 4.26. The fourth-order valence-corrected chi connectivity index (χ4v) is 2.98. The summed E-state index contributed by atoms with van der Waals surface area (Å²) in [6, 6.07) is 2.39. The number of pyridine rings is 1. The number of aromatic nitrogens is 1. The van der Waals surface area contributed by atoms with Gasteiger partial charge in [0.15, 0.2) is 0 Å². The van der Waals surface area contributed by atoms with E-state index >= 15 is 0 Å². The number of carbonyl (C=O) groups is 1. The van der Waals surface area contributed by atoms with Crippen LogP contribution in [0.1, 0.15) is 12.1 Å². The normalized spacial score (nSPS) is 22.5. The average Bonchev–Trinajstić information content (AvgIpc) is 3.04. The molecule has 1 atom stereocenters. The lowest BCUT2D eigenvalue weighted by Gasteiger charge is -2.29. The van der Waals surface area contributed by atoms with Crippen LogP contribution in [-0.4, -0.2) is 55.2 Å². The van der Waals surface area contributed by atoms with Crippen LogP contribution in [0.25, 0.3) is 0 Å². The summed E-state index contributed by atoms with van der Waals surface area (Å²) in [6.45, 7) is 3.50. The van der Waals surface area contributed by atoms with Gasteiger partial charge in [0.2, 0.25) is 5.91 Å². The van der Waals surface area contributed by atoms with Crippen molar-refractivity contribution in [3.05, 3.63) is 24.0 Å². The highest BCUT2D eigenvalue weighted by Gasteiger charge is 2.34. The first kappa shape index (κ1) is 16.0. The molecule has 1 unspecified atom stereocenters. The molecule has 126 valence electrons. The minimum atomic E-state index is -4.43. The lowest BCUT2D eigenvalue weighted by Crippen LogP contribution is -2.44. The van der Waals surface area contributed by atoms with Crippen LogP contribution in [0.4, 0.5) is 18.9 Å². The number of hydrogen-bond donors (Lipinski definition) is 0. The van der Waals surface area contributed by atoms with Crippen LogP contribution in [0.2, 0.25) is 0 Å². The fraction of sp³-hybridized carbons (Fsp3) is 0.600. The molecule has 2 saturated heterocycles. The number of halogens is 3. The van der Waals surface area contributed by atoms with Crippen LogP contribution < -0.4 is 4.90 Å². The molecule has 2 aliphatic rings. The second-order valence-corrected chi connectivity index (χ2v) is 5.77. The van der Waals surface area contributed by atoms with E-state index in [0.29, 0.717) is 51.5 Å². The zero-order valence-corrected chi connectivity index (χ0v) is 12.6. The van der Waals surface area contributed by atoms with Crippen LogP contribution in [0.5, 0.6) is 0 Å². The van der Waals surface area contributed by atoms with E-state index in [9.17, 15) is 18.0 Å². The quantitative estimate of drug-likeness (QED) is 0.830. The average molecular weight is 329 g/mol. The number of hydrogen-bond acceptors (Lipinski definition) is 4. The number of alkyl halides is 3. The van der Waals surface area contributed by atoms with Crippen molar-refractivity contribution in [1.82, 2.24) is 9.88 Å². The van der Waals surface area contributed by atoms with E-state index in [1.165, 1.54) is 12.3 Å². The Bertz CT molecular complexity index is 556. The van der Waals surface area contributed by atoms with E-state index in [0.717, 1.165) is 6.07 Å². The second kappa shape index (κ2) is 6.35. The molecule has 0 bridgehead atoms. The summed E-state index contributed by atoms with van der Waals surface area (Å²) in [5.41, 5.74) is -0.281. The summed E-state index contributed by atoms with van der Waals surface area (Å²) in [7, 11) is 0. The second-order valence-electron chi connectivity index (χ2n) is 5.77. The molecule has 8 heteroatoms. The summed E-state index contributed by atoms with van der Waals surface area (Å²) in [6.07, 6.45) is -2.50. The van der Waals surface area contributed by atoms with Crippen molar-refractivity contribution in [2.75, 3.05) is 44.3 Å². The Morgan fingerprint density at radius 1 is 1.22 bits per heavy atom. The summed E-state index contributed by atoms with van der Waals surface area (Å²) in [5, 5.41) is 0. The third-order valence-electron chi connectivity index (χ3n) is 4.26. The first-order valence-corrected chi connectivity index (χ1v) is 7.60. The maximum Gasteiger partial charge on any atom is 0.433 e. The monoisotopic (exact) mass is 329 g/mol. The van der Waals surface area contributed by atoms with Crippen LogP contribution in [0.3, 0.4) is 0 Å². The first-order chi connectivity index (χ1) is 10.9. The van der Waals surface area contributed by atoms with Crippen LogP contribution in [0, 0.1) is 5.92 Å². The molecule has 2 aliphatic heterocycles. The lowest BCUT2D eigenvalue weighted by atomic mass is 10.1. The predicted octanol–water partition coefficient (Wildman–Crippen LogP) is 1.79. The molecule has 2 fully saturated rings. The molecule has 1 aromatic rings. The molecule has 0 spiro atoms. The minimum absolute atomic E-state index is 0.107. The van der Waals surface area contributed by atoms with Crippen molar-refractivity contribution < 1.29 is 22.7 Å². The van der Waals surface area contributed by atoms with Gasteiger partial charge in [-0.25, -0.2) is 4.98 Å². The summed E-state index contributed by atoms with van der Waals surface area (Å²) in [4.78, 5) is 19.6. The standard InChI is InChI=1S/C15H18F3N3O2/c16-15(17,18)13-2-1-12(9-19-13)21-4-3-11(10-21)14(22)20-5-7-23-8-6-20/h1-2,9,11H,3-8,10H2. The highest BCUT2D eigenvalue weighted by Crippen LogP contribution is 2.30. The van der Waals surface area contributed by atoms with E-state index < -0.39 is 11.9 Å². The van der Waals surface area contributed by atoms with Gasteiger partial charge in [-0.2, -0.15) is 13.2 Å². The van der Waals surface area contributed by atoms with Crippen molar-refractivity contribution in [2.45, 2.75) is 12.6 Å². The van der Waals surface area contributed by atoms with Crippen LogP contribution >= 0.6 is 0 Å².